The molecule has 0 atom stereocenters. The summed E-state index contributed by atoms with van der Waals surface area (Å²) in [5.74, 6) is -1.29. The number of halogens is 1. The van der Waals surface area contributed by atoms with Crippen LogP contribution in [0.4, 0.5) is 5.69 Å². The van der Waals surface area contributed by atoms with Crippen molar-refractivity contribution in [2.45, 2.75) is 11.4 Å². The molecule has 0 spiro atoms. The summed E-state index contributed by atoms with van der Waals surface area (Å²) in [7, 11) is -3.79. The summed E-state index contributed by atoms with van der Waals surface area (Å²) in [5, 5.41) is 11.8. The number of carbonyl (C=O) groups excluding carboxylic acids is 1. The predicted octanol–water partition coefficient (Wildman–Crippen LogP) is 3.47. The first kappa shape index (κ1) is 20.8. The Balaban J connectivity index is 1.73. The highest BCUT2D eigenvalue weighted by Crippen LogP contribution is 2.22. The van der Waals surface area contributed by atoms with E-state index < -0.39 is 21.9 Å². The Bertz CT molecular complexity index is 1140. The lowest BCUT2D eigenvalue weighted by Gasteiger charge is -2.10. The smallest absolute Gasteiger partial charge is 0.337 e. The molecule has 0 fully saturated rings. The molecule has 3 rings (SSSR count). The lowest BCUT2D eigenvalue weighted by Crippen LogP contribution is -2.23. The van der Waals surface area contributed by atoms with E-state index in [4.69, 9.17) is 4.42 Å². The molecule has 3 aromatic rings. The van der Waals surface area contributed by atoms with Crippen LogP contribution >= 0.6 is 15.9 Å². The number of anilines is 1. The summed E-state index contributed by atoms with van der Waals surface area (Å²) in [6.45, 7) is -0.000890. The molecule has 0 saturated carbocycles. The number of hydrogen-bond acceptors (Lipinski definition) is 5. The van der Waals surface area contributed by atoms with Gasteiger partial charge < -0.3 is 14.8 Å². The number of furan rings is 1. The van der Waals surface area contributed by atoms with E-state index in [1.807, 2.05) is 0 Å². The third kappa shape index (κ3) is 5.11. The van der Waals surface area contributed by atoms with Crippen molar-refractivity contribution >= 4 is 43.5 Å². The molecular formula is C19H15BrN2O6S. The molecule has 10 heteroatoms. The highest BCUT2D eigenvalue weighted by molar-refractivity contribution is 9.10. The summed E-state index contributed by atoms with van der Waals surface area (Å²) in [6.07, 6.45) is 1.44. The number of carbonyl (C=O) groups is 2. The van der Waals surface area contributed by atoms with Crippen LogP contribution in [0.25, 0.3) is 0 Å². The van der Waals surface area contributed by atoms with Crippen LogP contribution in [-0.4, -0.2) is 25.4 Å². The summed E-state index contributed by atoms with van der Waals surface area (Å²) >= 11 is 3.18. The van der Waals surface area contributed by atoms with Crippen LogP contribution in [0.15, 0.2) is 74.6 Å². The van der Waals surface area contributed by atoms with Gasteiger partial charge in [-0.25, -0.2) is 17.9 Å². The molecule has 2 aromatic carbocycles. The predicted molar refractivity (Wildman–Crippen MR) is 108 cm³/mol. The topological polar surface area (TPSA) is 126 Å². The fourth-order valence-electron chi connectivity index (χ4n) is 2.44. The zero-order valence-electron chi connectivity index (χ0n) is 14.8. The molecule has 0 saturated heterocycles. The molecule has 150 valence electrons. The average Bonchev–Trinajstić information content (AvgIpc) is 3.21. The molecule has 1 aromatic heterocycles. The molecule has 0 aliphatic carbocycles. The van der Waals surface area contributed by atoms with Crippen molar-refractivity contribution < 1.29 is 27.5 Å². The fraction of sp³-hybridized carbons (Fsp3) is 0.0526. The fourth-order valence-corrected chi connectivity index (χ4v) is 3.80. The zero-order valence-corrected chi connectivity index (χ0v) is 17.2. The van der Waals surface area contributed by atoms with Gasteiger partial charge in [0, 0.05) is 10.0 Å². The highest BCUT2D eigenvalue weighted by Gasteiger charge is 2.17. The van der Waals surface area contributed by atoms with E-state index in [-0.39, 0.29) is 28.3 Å². The molecule has 1 amide bonds. The Morgan fingerprint density at radius 2 is 1.79 bits per heavy atom. The lowest BCUT2D eigenvalue weighted by atomic mass is 10.1. The van der Waals surface area contributed by atoms with Crippen LogP contribution in [0.5, 0.6) is 0 Å². The van der Waals surface area contributed by atoms with Gasteiger partial charge in [-0.15, -0.1) is 0 Å². The molecular weight excluding hydrogens is 464 g/mol. The minimum atomic E-state index is -3.79. The van der Waals surface area contributed by atoms with E-state index in [1.165, 1.54) is 42.7 Å². The summed E-state index contributed by atoms with van der Waals surface area (Å²) in [4.78, 5) is 23.7. The van der Waals surface area contributed by atoms with E-state index >= 15 is 0 Å². The second-order valence-electron chi connectivity index (χ2n) is 5.88. The Hall–Kier alpha value is -2.95. The van der Waals surface area contributed by atoms with Crippen LogP contribution < -0.4 is 10.0 Å². The van der Waals surface area contributed by atoms with Crippen molar-refractivity contribution in [2.24, 2.45) is 0 Å². The maximum atomic E-state index is 12.4. The van der Waals surface area contributed by atoms with Crippen molar-refractivity contribution in [3.63, 3.8) is 0 Å². The number of hydrogen-bond donors (Lipinski definition) is 3. The SMILES string of the molecule is O=C(Nc1ccc(Br)cc1C(=O)O)c1ccc(S(=O)(=O)NCc2ccco2)cc1. The Kier molecular flexibility index (Phi) is 6.16. The number of carboxylic acid groups (broad SMARTS) is 1. The number of aromatic carboxylic acids is 1. The molecule has 1 heterocycles. The maximum Gasteiger partial charge on any atom is 0.337 e. The number of benzene rings is 2. The second-order valence-corrected chi connectivity index (χ2v) is 8.56. The van der Waals surface area contributed by atoms with E-state index in [0.717, 1.165) is 0 Å². The molecule has 0 unspecified atom stereocenters. The van der Waals surface area contributed by atoms with Gasteiger partial charge in [-0.3, -0.25) is 4.79 Å². The third-order valence-corrected chi connectivity index (χ3v) is 5.81. The van der Waals surface area contributed by atoms with E-state index in [0.29, 0.717) is 10.2 Å². The number of sulfonamides is 1. The molecule has 0 aliphatic rings. The quantitative estimate of drug-likeness (QED) is 0.477. The Labute approximate surface area is 174 Å². The number of amides is 1. The minimum absolute atomic E-state index is 0.000890. The molecule has 8 nitrogen and oxygen atoms in total. The van der Waals surface area contributed by atoms with Gasteiger partial charge in [0.1, 0.15) is 5.76 Å². The van der Waals surface area contributed by atoms with Gasteiger partial charge >= 0.3 is 5.97 Å². The molecule has 0 aliphatic heterocycles. The van der Waals surface area contributed by atoms with Gasteiger partial charge in [0.05, 0.1) is 29.0 Å². The van der Waals surface area contributed by atoms with Crippen molar-refractivity contribution in [2.75, 3.05) is 5.32 Å². The van der Waals surface area contributed by atoms with Crippen molar-refractivity contribution in [1.82, 2.24) is 4.72 Å². The molecule has 0 bridgehead atoms. The molecule has 29 heavy (non-hydrogen) atoms. The summed E-state index contributed by atoms with van der Waals surface area (Å²) in [5.41, 5.74) is 0.228. The van der Waals surface area contributed by atoms with Gasteiger partial charge in [-0.2, -0.15) is 0 Å². The Morgan fingerprint density at radius 3 is 2.41 bits per heavy atom. The van der Waals surface area contributed by atoms with Crippen molar-refractivity contribution in [1.29, 1.82) is 0 Å². The summed E-state index contributed by atoms with van der Waals surface area (Å²) in [6, 6.07) is 13.0. The van der Waals surface area contributed by atoms with E-state index in [9.17, 15) is 23.1 Å². The Morgan fingerprint density at radius 1 is 1.07 bits per heavy atom. The van der Waals surface area contributed by atoms with Crippen molar-refractivity contribution in [3.05, 3.63) is 82.2 Å². The lowest BCUT2D eigenvalue weighted by molar-refractivity contribution is 0.0698. The largest absolute Gasteiger partial charge is 0.478 e. The first-order valence-corrected chi connectivity index (χ1v) is 10.5. The molecule has 3 N–H and O–H groups in total. The van der Waals surface area contributed by atoms with E-state index in [2.05, 4.69) is 26.0 Å². The van der Waals surface area contributed by atoms with Gasteiger partial charge in [0.25, 0.3) is 5.91 Å². The van der Waals surface area contributed by atoms with Gasteiger partial charge in [0.15, 0.2) is 0 Å². The number of nitrogens with one attached hydrogen (secondary N) is 2. The molecule has 0 radical (unpaired) electrons. The average molecular weight is 479 g/mol. The monoisotopic (exact) mass is 478 g/mol. The maximum absolute atomic E-state index is 12.4. The van der Waals surface area contributed by atoms with Crippen LogP contribution in [-0.2, 0) is 16.6 Å². The first-order chi connectivity index (χ1) is 13.8. The van der Waals surface area contributed by atoms with Crippen LogP contribution in [0.2, 0.25) is 0 Å². The number of rotatable bonds is 7. The first-order valence-electron chi connectivity index (χ1n) is 8.22. The van der Waals surface area contributed by atoms with E-state index in [1.54, 1.807) is 18.2 Å². The third-order valence-electron chi connectivity index (χ3n) is 3.90. The van der Waals surface area contributed by atoms with Gasteiger partial charge in [0.2, 0.25) is 10.0 Å². The normalized spacial score (nSPS) is 11.2. The van der Waals surface area contributed by atoms with Crippen LogP contribution in [0, 0.1) is 0 Å². The van der Waals surface area contributed by atoms with Crippen LogP contribution in [0.1, 0.15) is 26.5 Å². The standard InChI is InChI=1S/C19H15BrN2O6S/c20-13-5-8-17(16(10-13)19(24)25)22-18(23)12-3-6-15(7-4-12)29(26,27)21-11-14-2-1-9-28-14/h1-10,21H,11H2,(H,22,23)(H,24,25). The second kappa shape index (κ2) is 8.60. The zero-order chi connectivity index (χ0) is 21.0. The number of carboxylic acids is 1. The minimum Gasteiger partial charge on any atom is -0.478 e. The van der Waals surface area contributed by atoms with Gasteiger partial charge in [-0.05, 0) is 54.6 Å². The highest BCUT2D eigenvalue weighted by atomic mass is 79.9. The van der Waals surface area contributed by atoms with Crippen molar-refractivity contribution in [3.8, 4) is 0 Å². The van der Waals surface area contributed by atoms with Gasteiger partial charge in [-0.1, -0.05) is 15.9 Å². The summed E-state index contributed by atoms with van der Waals surface area (Å²) < 4.78 is 32.7. The van der Waals surface area contributed by atoms with Crippen LogP contribution in [0.3, 0.4) is 0 Å².